The lowest BCUT2D eigenvalue weighted by molar-refractivity contribution is 0.569. The van der Waals surface area contributed by atoms with Gasteiger partial charge in [0.2, 0.25) is 10.0 Å². The van der Waals surface area contributed by atoms with Crippen LogP contribution in [-0.4, -0.2) is 23.4 Å². The molecule has 0 saturated carbocycles. The molecule has 1 N–H and O–H groups in total. The van der Waals surface area contributed by atoms with Gasteiger partial charge in [-0.05, 0) is 41.6 Å². The molecular formula is C19H19NO4S3. The molecule has 0 saturated heterocycles. The van der Waals surface area contributed by atoms with Crippen LogP contribution in [0.15, 0.2) is 81.2 Å². The lowest BCUT2D eigenvalue weighted by atomic mass is 10.1. The second-order valence-electron chi connectivity index (χ2n) is 6.04. The number of aryl methyl sites for hydroxylation is 1. The molecule has 5 nitrogen and oxygen atoms in total. The minimum absolute atomic E-state index is 0.114. The van der Waals surface area contributed by atoms with E-state index in [1.54, 1.807) is 66.9 Å². The molecule has 0 bridgehead atoms. The molecule has 0 fully saturated rings. The summed E-state index contributed by atoms with van der Waals surface area (Å²) in [7, 11) is -7.56. The largest absolute Gasteiger partial charge is 0.240 e. The van der Waals surface area contributed by atoms with Gasteiger partial charge in [0.15, 0.2) is 9.84 Å². The van der Waals surface area contributed by atoms with E-state index in [1.165, 1.54) is 12.1 Å². The van der Waals surface area contributed by atoms with Gasteiger partial charge in [0.05, 0.1) is 4.90 Å². The number of benzene rings is 2. The number of thiophene rings is 1. The number of sulfone groups is 1. The first kappa shape index (κ1) is 19.8. The molecule has 8 heteroatoms. The fourth-order valence-corrected chi connectivity index (χ4v) is 6.82. The van der Waals surface area contributed by atoms with Crippen LogP contribution in [0, 0.1) is 6.92 Å². The summed E-state index contributed by atoms with van der Waals surface area (Å²) < 4.78 is 54.1. The van der Waals surface area contributed by atoms with Gasteiger partial charge >= 0.3 is 0 Å². The van der Waals surface area contributed by atoms with Crippen molar-refractivity contribution >= 4 is 31.2 Å². The molecule has 0 spiro atoms. The van der Waals surface area contributed by atoms with Crippen molar-refractivity contribution in [3.8, 4) is 0 Å². The molecule has 1 aromatic heterocycles. The van der Waals surface area contributed by atoms with E-state index in [2.05, 4.69) is 4.72 Å². The van der Waals surface area contributed by atoms with Gasteiger partial charge in [0.25, 0.3) is 0 Å². The highest BCUT2D eigenvalue weighted by atomic mass is 32.2. The summed E-state index contributed by atoms with van der Waals surface area (Å²) in [5.74, 6) is 0. The summed E-state index contributed by atoms with van der Waals surface area (Å²) in [5.41, 5.74) is 1.35. The first-order chi connectivity index (χ1) is 12.8. The van der Waals surface area contributed by atoms with Gasteiger partial charge in [-0.1, -0.05) is 48.5 Å². The van der Waals surface area contributed by atoms with E-state index in [0.717, 1.165) is 16.9 Å². The highest BCUT2D eigenvalue weighted by molar-refractivity contribution is 7.93. The maximum atomic E-state index is 13.1. The molecule has 1 atom stereocenters. The van der Waals surface area contributed by atoms with E-state index >= 15 is 0 Å². The van der Waals surface area contributed by atoms with Crippen molar-refractivity contribution in [3.63, 3.8) is 0 Å². The second kappa shape index (κ2) is 7.93. The summed E-state index contributed by atoms with van der Waals surface area (Å²) in [6.07, 6.45) is 0. The van der Waals surface area contributed by atoms with Crippen molar-refractivity contribution < 1.29 is 16.8 Å². The number of sulfonamides is 1. The molecule has 1 heterocycles. The zero-order chi connectivity index (χ0) is 19.5. The zero-order valence-electron chi connectivity index (χ0n) is 14.6. The van der Waals surface area contributed by atoms with E-state index in [1.807, 2.05) is 0 Å². The third kappa shape index (κ3) is 4.47. The first-order valence-electron chi connectivity index (χ1n) is 8.19. The molecule has 27 heavy (non-hydrogen) atoms. The summed E-state index contributed by atoms with van der Waals surface area (Å²) in [6.45, 7) is 1.55. The monoisotopic (exact) mass is 421 g/mol. The molecule has 0 amide bonds. The Morgan fingerprint density at radius 2 is 1.67 bits per heavy atom. The van der Waals surface area contributed by atoms with Crippen LogP contribution in [0.5, 0.6) is 0 Å². The number of hydrogen-bond donors (Lipinski definition) is 1. The van der Waals surface area contributed by atoms with Gasteiger partial charge in [-0.25, -0.2) is 21.6 Å². The van der Waals surface area contributed by atoms with E-state index in [0.29, 0.717) is 5.56 Å². The average Bonchev–Trinajstić information content (AvgIpc) is 3.18. The van der Waals surface area contributed by atoms with Crippen LogP contribution < -0.4 is 4.72 Å². The highest BCUT2D eigenvalue weighted by Gasteiger charge is 2.31. The predicted octanol–water partition coefficient (Wildman–Crippen LogP) is 3.55. The number of nitrogens with one attached hydrogen (secondary N) is 1. The molecule has 3 aromatic rings. The van der Waals surface area contributed by atoms with Crippen LogP contribution in [0.2, 0.25) is 0 Å². The standard InChI is InChI=1S/C19H19NO4S3/c1-15-7-5-10-17(13-15)27(23,24)20-14-18(16-8-3-2-4-9-16)26(21,22)19-11-6-12-25-19/h2-13,18,20H,14H2,1H3/t18-/m0/s1. The van der Waals surface area contributed by atoms with Crippen LogP contribution in [0.4, 0.5) is 0 Å². The Hall–Kier alpha value is -2.00. The van der Waals surface area contributed by atoms with Crippen molar-refractivity contribution in [2.75, 3.05) is 6.54 Å². The molecule has 0 aliphatic carbocycles. The molecule has 0 aliphatic heterocycles. The Bertz CT molecular complexity index is 1110. The van der Waals surface area contributed by atoms with Crippen molar-refractivity contribution in [3.05, 3.63) is 83.2 Å². The minimum atomic E-state index is -3.83. The fourth-order valence-electron chi connectivity index (χ4n) is 2.69. The fraction of sp³-hybridized carbons (Fsp3) is 0.158. The van der Waals surface area contributed by atoms with Crippen molar-refractivity contribution in [2.45, 2.75) is 21.3 Å². The van der Waals surface area contributed by atoms with Crippen molar-refractivity contribution in [2.24, 2.45) is 0 Å². The second-order valence-corrected chi connectivity index (χ2v) is 11.1. The summed E-state index contributed by atoms with van der Waals surface area (Å²) >= 11 is 1.12. The molecule has 0 unspecified atom stereocenters. The maximum Gasteiger partial charge on any atom is 0.240 e. The van der Waals surface area contributed by atoms with Crippen LogP contribution in [-0.2, 0) is 19.9 Å². The summed E-state index contributed by atoms with van der Waals surface area (Å²) in [6, 6.07) is 18.3. The van der Waals surface area contributed by atoms with Crippen molar-refractivity contribution in [1.29, 1.82) is 0 Å². The smallest absolute Gasteiger partial charge is 0.222 e. The predicted molar refractivity (Wildman–Crippen MR) is 107 cm³/mol. The van der Waals surface area contributed by atoms with Gasteiger partial charge in [-0.2, -0.15) is 0 Å². The minimum Gasteiger partial charge on any atom is -0.222 e. The van der Waals surface area contributed by atoms with E-state index in [9.17, 15) is 16.8 Å². The summed E-state index contributed by atoms with van der Waals surface area (Å²) in [4.78, 5) is 0.114. The van der Waals surface area contributed by atoms with Crippen LogP contribution in [0.1, 0.15) is 16.4 Å². The molecule has 3 rings (SSSR count). The first-order valence-corrected chi connectivity index (χ1v) is 12.1. The van der Waals surface area contributed by atoms with E-state index in [-0.39, 0.29) is 15.6 Å². The highest BCUT2D eigenvalue weighted by Crippen LogP contribution is 2.31. The van der Waals surface area contributed by atoms with Crippen LogP contribution in [0.25, 0.3) is 0 Å². The molecule has 0 radical (unpaired) electrons. The number of rotatable bonds is 7. The molecular weight excluding hydrogens is 402 g/mol. The third-order valence-electron chi connectivity index (χ3n) is 4.08. The Kier molecular flexibility index (Phi) is 5.81. The van der Waals surface area contributed by atoms with Gasteiger partial charge in [0.1, 0.15) is 9.46 Å². The van der Waals surface area contributed by atoms with Gasteiger partial charge in [-0.3, -0.25) is 0 Å². The average molecular weight is 422 g/mol. The Morgan fingerprint density at radius 1 is 0.926 bits per heavy atom. The zero-order valence-corrected chi connectivity index (χ0v) is 17.0. The van der Waals surface area contributed by atoms with Crippen LogP contribution in [0.3, 0.4) is 0 Å². The van der Waals surface area contributed by atoms with Crippen molar-refractivity contribution in [1.82, 2.24) is 4.72 Å². The molecule has 2 aromatic carbocycles. The normalized spacial score (nSPS) is 13.4. The topological polar surface area (TPSA) is 80.3 Å². The maximum absolute atomic E-state index is 13.1. The quantitative estimate of drug-likeness (QED) is 0.633. The van der Waals surface area contributed by atoms with Gasteiger partial charge < -0.3 is 0 Å². The summed E-state index contributed by atoms with van der Waals surface area (Å²) in [5, 5.41) is 0.670. The molecule has 0 aliphatic rings. The van der Waals surface area contributed by atoms with Crippen LogP contribution >= 0.6 is 11.3 Å². The SMILES string of the molecule is Cc1cccc(S(=O)(=O)NC[C@@H](c2ccccc2)S(=O)(=O)c2cccs2)c1. The lowest BCUT2D eigenvalue weighted by Gasteiger charge is -2.18. The Labute approximate surface area is 163 Å². The number of hydrogen-bond acceptors (Lipinski definition) is 5. The lowest BCUT2D eigenvalue weighted by Crippen LogP contribution is -2.31. The van der Waals surface area contributed by atoms with Gasteiger partial charge in [-0.15, -0.1) is 11.3 Å². The third-order valence-corrected chi connectivity index (χ3v) is 9.03. The Balaban J connectivity index is 1.93. The van der Waals surface area contributed by atoms with E-state index in [4.69, 9.17) is 0 Å². The van der Waals surface area contributed by atoms with Gasteiger partial charge in [0, 0.05) is 6.54 Å². The molecule has 142 valence electrons. The van der Waals surface area contributed by atoms with E-state index < -0.39 is 25.1 Å². The Morgan fingerprint density at radius 3 is 2.30 bits per heavy atom.